The lowest BCUT2D eigenvalue weighted by atomic mass is 10.0. The normalized spacial score (nSPS) is 22.5. The molecule has 1 aliphatic rings. The number of amides is 2. The summed E-state index contributed by atoms with van der Waals surface area (Å²) < 4.78 is 0. The Morgan fingerprint density at radius 3 is 2.63 bits per heavy atom. The standard InChI is InChI=1S/C14H26N2O3/c1-10(2)6-3-4-9-15-14(19)16-12-8-5-7-11(12)13(17)18/h10-12H,3-9H2,1-2H3,(H,17,18)(H2,15,16,19). The zero-order chi connectivity index (χ0) is 14.3. The number of hydrogen-bond acceptors (Lipinski definition) is 2. The van der Waals surface area contributed by atoms with Crippen molar-refractivity contribution in [3.63, 3.8) is 0 Å². The van der Waals surface area contributed by atoms with Crippen LogP contribution in [0, 0.1) is 11.8 Å². The number of unbranched alkanes of at least 4 members (excludes halogenated alkanes) is 1. The number of carboxylic acids is 1. The minimum atomic E-state index is -0.806. The molecular formula is C14H26N2O3. The molecule has 1 saturated carbocycles. The Labute approximate surface area is 115 Å². The Balaban J connectivity index is 2.15. The minimum absolute atomic E-state index is 0.215. The molecule has 1 fully saturated rings. The highest BCUT2D eigenvalue weighted by Gasteiger charge is 2.33. The highest BCUT2D eigenvalue weighted by Crippen LogP contribution is 2.25. The van der Waals surface area contributed by atoms with Crippen molar-refractivity contribution in [2.75, 3.05) is 6.54 Å². The van der Waals surface area contributed by atoms with E-state index in [-0.39, 0.29) is 12.1 Å². The molecule has 0 radical (unpaired) electrons. The number of rotatable bonds is 7. The summed E-state index contributed by atoms with van der Waals surface area (Å²) in [6.45, 7) is 5.03. The van der Waals surface area contributed by atoms with Crippen LogP contribution in [0.4, 0.5) is 4.79 Å². The van der Waals surface area contributed by atoms with Gasteiger partial charge >= 0.3 is 12.0 Å². The van der Waals surface area contributed by atoms with Gasteiger partial charge in [0.05, 0.1) is 5.92 Å². The zero-order valence-electron chi connectivity index (χ0n) is 11.9. The lowest BCUT2D eigenvalue weighted by molar-refractivity contribution is -0.142. The molecule has 3 N–H and O–H groups in total. The van der Waals surface area contributed by atoms with Crippen molar-refractivity contribution in [2.24, 2.45) is 11.8 Å². The number of carbonyl (C=O) groups is 2. The monoisotopic (exact) mass is 270 g/mol. The fourth-order valence-electron chi connectivity index (χ4n) is 2.53. The Morgan fingerprint density at radius 2 is 2.00 bits per heavy atom. The Kier molecular flexibility index (Phi) is 6.67. The molecule has 0 bridgehead atoms. The molecule has 0 aromatic carbocycles. The van der Waals surface area contributed by atoms with E-state index in [1.54, 1.807) is 0 Å². The van der Waals surface area contributed by atoms with Crippen molar-refractivity contribution in [3.05, 3.63) is 0 Å². The molecule has 5 nitrogen and oxygen atoms in total. The van der Waals surface area contributed by atoms with Crippen LogP contribution in [0.3, 0.4) is 0 Å². The van der Waals surface area contributed by atoms with Crippen LogP contribution in [-0.4, -0.2) is 29.7 Å². The van der Waals surface area contributed by atoms with Crippen molar-refractivity contribution in [1.29, 1.82) is 0 Å². The molecule has 0 heterocycles. The summed E-state index contributed by atoms with van der Waals surface area (Å²) in [5, 5.41) is 14.6. The maximum absolute atomic E-state index is 11.6. The second-order valence-electron chi connectivity index (χ2n) is 5.77. The molecule has 0 aliphatic heterocycles. The van der Waals surface area contributed by atoms with E-state index < -0.39 is 11.9 Å². The van der Waals surface area contributed by atoms with Crippen molar-refractivity contribution in [2.45, 2.75) is 58.4 Å². The van der Waals surface area contributed by atoms with E-state index in [1.807, 2.05) is 0 Å². The number of aliphatic carboxylic acids is 1. The van der Waals surface area contributed by atoms with Crippen molar-refractivity contribution in [1.82, 2.24) is 10.6 Å². The van der Waals surface area contributed by atoms with E-state index in [0.29, 0.717) is 18.9 Å². The van der Waals surface area contributed by atoms with E-state index in [0.717, 1.165) is 25.7 Å². The van der Waals surface area contributed by atoms with Gasteiger partial charge in [0.15, 0.2) is 0 Å². The molecule has 0 aromatic heterocycles. The summed E-state index contributed by atoms with van der Waals surface area (Å²) in [5.74, 6) is -0.532. The molecule has 0 saturated heterocycles. The Bertz CT molecular complexity index is 305. The fourth-order valence-corrected chi connectivity index (χ4v) is 2.53. The van der Waals surface area contributed by atoms with Gasteiger partial charge in [-0.15, -0.1) is 0 Å². The van der Waals surface area contributed by atoms with Gasteiger partial charge in [0, 0.05) is 12.6 Å². The van der Waals surface area contributed by atoms with Gasteiger partial charge in [-0.3, -0.25) is 4.79 Å². The Morgan fingerprint density at radius 1 is 1.26 bits per heavy atom. The molecule has 0 aromatic rings. The molecule has 2 amide bonds. The second kappa shape index (κ2) is 8.02. The van der Waals surface area contributed by atoms with Crippen molar-refractivity contribution in [3.8, 4) is 0 Å². The third kappa shape index (κ3) is 5.94. The van der Waals surface area contributed by atoms with E-state index in [9.17, 15) is 9.59 Å². The maximum Gasteiger partial charge on any atom is 0.315 e. The quantitative estimate of drug-likeness (QED) is 0.621. The number of hydrogen-bond donors (Lipinski definition) is 3. The molecule has 19 heavy (non-hydrogen) atoms. The number of urea groups is 1. The summed E-state index contributed by atoms with van der Waals surface area (Å²) in [6, 6.07) is -0.448. The minimum Gasteiger partial charge on any atom is -0.481 e. The van der Waals surface area contributed by atoms with E-state index in [4.69, 9.17) is 5.11 Å². The van der Waals surface area contributed by atoms with E-state index in [1.165, 1.54) is 6.42 Å². The Hall–Kier alpha value is -1.26. The largest absolute Gasteiger partial charge is 0.481 e. The van der Waals surface area contributed by atoms with Crippen LogP contribution < -0.4 is 10.6 Å². The summed E-state index contributed by atoms with van der Waals surface area (Å²) >= 11 is 0. The predicted octanol–water partition coefficient (Wildman–Crippen LogP) is 2.37. The average Bonchev–Trinajstić information content (AvgIpc) is 2.76. The van der Waals surface area contributed by atoms with Crippen LogP contribution >= 0.6 is 0 Å². The number of nitrogens with one attached hydrogen (secondary N) is 2. The third-order valence-electron chi connectivity index (χ3n) is 3.64. The summed E-state index contributed by atoms with van der Waals surface area (Å²) in [7, 11) is 0. The van der Waals surface area contributed by atoms with Crippen LogP contribution in [-0.2, 0) is 4.79 Å². The van der Waals surface area contributed by atoms with Gasteiger partial charge in [-0.25, -0.2) is 4.79 Å². The SMILES string of the molecule is CC(C)CCCCNC(=O)NC1CCCC1C(=O)O. The molecule has 0 spiro atoms. The first-order chi connectivity index (χ1) is 9.00. The van der Waals surface area contributed by atoms with Gasteiger partial charge < -0.3 is 15.7 Å². The smallest absolute Gasteiger partial charge is 0.315 e. The van der Waals surface area contributed by atoms with Gasteiger partial charge in [0.2, 0.25) is 0 Å². The first-order valence-corrected chi connectivity index (χ1v) is 7.28. The molecule has 1 aliphatic carbocycles. The molecular weight excluding hydrogens is 244 g/mol. The third-order valence-corrected chi connectivity index (χ3v) is 3.64. The van der Waals surface area contributed by atoms with Gasteiger partial charge in [-0.1, -0.05) is 33.1 Å². The van der Waals surface area contributed by atoms with Gasteiger partial charge in [-0.2, -0.15) is 0 Å². The zero-order valence-corrected chi connectivity index (χ0v) is 11.9. The van der Waals surface area contributed by atoms with Gasteiger partial charge in [0.1, 0.15) is 0 Å². The summed E-state index contributed by atoms with van der Waals surface area (Å²) in [4.78, 5) is 22.6. The average molecular weight is 270 g/mol. The highest BCUT2D eigenvalue weighted by atomic mass is 16.4. The maximum atomic E-state index is 11.6. The first-order valence-electron chi connectivity index (χ1n) is 7.28. The van der Waals surface area contributed by atoms with Crippen LogP contribution in [0.25, 0.3) is 0 Å². The predicted molar refractivity (Wildman–Crippen MR) is 74.0 cm³/mol. The van der Waals surface area contributed by atoms with Crippen molar-refractivity contribution >= 4 is 12.0 Å². The molecule has 2 atom stereocenters. The van der Waals surface area contributed by atoms with Crippen LogP contribution in [0.1, 0.15) is 52.4 Å². The topological polar surface area (TPSA) is 78.4 Å². The molecule has 110 valence electrons. The van der Waals surface area contributed by atoms with E-state index >= 15 is 0 Å². The van der Waals surface area contributed by atoms with E-state index in [2.05, 4.69) is 24.5 Å². The molecule has 5 heteroatoms. The van der Waals surface area contributed by atoms with Gasteiger partial charge in [0.25, 0.3) is 0 Å². The van der Waals surface area contributed by atoms with Crippen LogP contribution in [0.15, 0.2) is 0 Å². The molecule has 2 unspecified atom stereocenters. The number of carboxylic acid groups (broad SMARTS) is 1. The highest BCUT2D eigenvalue weighted by molar-refractivity contribution is 5.76. The van der Waals surface area contributed by atoms with Crippen LogP contribution in [0.5, 0.6) is 0 Å². The van der Waals surface area contributed by atoms with Crippen molar-refractivity contribution < 1.29 is 14.7 Å². The van der Waals surface area contributed by atoms with Crippen LogP contribution in [0.2, 0.25) is 0 Å². The molecule has 1 rings (SSSR count). The lowest BCUT2D eigenvalue weighted by Crippen LogP contribution is -2.45. The lowest BCUT2D eigenvalue weighted by Gasteiger charge is -2.18. The second-order valence-corrected chi connectivity index (χ2v) is 5.77. The van der Waals surface area contributed by atoms with Gasteiger partial charge in [-0.05, 0) is 25.2 Å². The summed E-state index contributed by atoms with van der Waals surface area (Å²) in [6.07, 6.45) is 5.55. The fraction of sp³-hybridized carbons (Fsp3) is 0.857. The number of carbonyl (C=O) groups excluding carboxylic acids is 1. The first kappa shape index (κ1) is 15.8. The summed E-state index contributed by atoms with van der Waals surface area (Å²) in [5.41, 5.74) is 0.